The summed E-state index contributed by atoms with van der Waals surface area (Å²) in [6, 6.07) is 3.56. The molecule has 1 aliphatic rings. The Hall–Kier alpha value is -1.42. The van der Waals surface area contributed by atoms with Crippen LogP contribution >= 0.6 is 0 Å². The van der Waals surface area contributed by atoms with Gasteiger partial charge in [-0.25, -0.2) is 0 Å². The normalized spacial score (nSPS) is 20.9. The largest absolute Gasteiger partial charge is 0.381 e. The van der Waals surface area contributed by atoms with Crippen molar-refractivity contribution in [1.82, 2.24) is 4.98 Å². The number of amides is 1. The van der Waals surface area contributed by atoms with E-state index in [-0.39, 0.29) is 11.8 Å². The van der Waals surface area contributed by atoms with Crippen molar-refractivity contribution in [3.8, 4) is 0 Å². The molecule has 1 aromatic rings. The average molecular weight is 206 g/mol. The Labute approximate surface area is 88.7 Å². The highest BCUT2D eigenvalue weighted by Crippen LogP contribution is 2.15. The van der Waals surface area contributed by atoms with Gasteiger partial charge < -0.3 is 10.1 Å². The summed E-state index contributed by atoms with van der Waals surface area (Å²) < 4.78 is 5.27. The van der Waals surface area contributed by atoms with Crippen LogP contribution in [0.15, 0.2) is 24.5 Å². The molecule has 0 bridgehead atoms. The minimum absolute atomic E-state index is 0.00749. The maximum absolute atomic E-state index is 11.8. The van der Waals surface area contributed by atoms with Gasteiger partial charge in [0.25, 0.3) is 0 Å². The molecule has 1 amide bonds. The first-order chi connectivity index (χ1) is 7.36. The van der Waals surface area contributed by atoms with Gasteiger partial charge in [-0.2, -0.15) is 0 Å². The molecule has 0 spiro atoms. The summed E-state index contributed by atoms with van der Waals surface area (Å²) >= 11 is 0. The number of hydrogen-bond donors (Lipinski definition) is 1. The Morgan fingerprint density at radius 1 is 1.47 bits per heavy atom. The van der Waals surface area contributed by atoms with Crippen molar-refractivity contribution in [1.29, 1.82) is 0 Å². The number of carbonyl (C=O) groups is 1. The molecule has 0 aliphatic carbocycles. The molecule has 0 radical (unpaired) electrons. The fourth-order valence-electron chi connectivity index (χ4n) is 1.63. The van der Waals surface area contributed by atoms with Gasteiger partial charge in [-0.05, 0) is 25.0 Å². The van der Waals surface area contributed by atoms with E-state index in [0.29, 0.717) is 6.61 Å². The van der Waals surface area contributed by atoms with Gasteiger partial charge in [-0.1, -0.05) is 0 Å². The predicted octanol–water partition coefficient (Wildman–Crippen LogP) is 1.45. The van der Waals surface area contributed by atoms with Crippen LogP contribution in [0.3, 0.4) is 0 Å². The monoisotopic (exact) mass is 206 g/mol. The first-order valence-electron chi connectivity index (χ1n) is 5.15. The van der Waals surface area contributed by atoms with E-state index in [2.05, 4.69) is 10.3 Å². The molecule has 4 nitrogen and oxygen atoms in total. The fourth-order valence-corrected chi connectivity index (χ4v) is 1.63. The molecular formula is C11H14N2O2. The van der Waals surface area contributed by atoms with Gasteiger partial charge in [0.1, 0.15) is 0 Å². The molecule has 0 aromatic carbocycles. The van der Waals surface area contributed by atoms with Crippen LogP contribution in [0.2, 0.25) is 0 Å². The van der Waals surface area contributed by atoms with Crippen molar-refractivity contribution < 1.29 is 9.53 Å². The molecule has 1 unspecified atom stereocenters. The second-order valence-electron chi connectivity index (χ2n) is 3.64. The highest BCUT2D eigenvalue weighted by Gasteiger charge is 2.21. The van der Waals surface area contributed by atoms with Crippen LogP contribution in [0.25, 0.3) is 0 Å². The van der Waals surface area contributed by atoms with Gasteiger partial charge in [0.2, 0.25) is 5.91 Å². The second kappa shape index (κ2) is 4.89. The minimum Gasteiger partial charge on any atom is -0.381 e. The summed E-state index contributed by atoms with van der Waals surface area (Å²) in [5.74, 6) is 0.0350. The first kappa shape index (κ1) is 10.1. The summed E-state index contributed by atoms with van der Waals surface area (Å²) in [4.78, 5) is 15.6. The molecule has 15 heavy (non-hydrogen) atoms. The van der Waals surface area contributed by atoms with E-state index in [9.17, 15) is 4.79 Å². The lowest BCUT2D eigenvalue weighted by Crippen LogP contribution is -2.30. The Balaban J connectivity index is 1.91. The van der Waals surface area contributed by atoms with Crippen molar-refractivity contribution in [3.63, 3.8) is 0 Å². The number of carbonyl (C=O) groups excluding carboxylic acids is 1. The van der Waals surface area contributed by atoms with Crippen LogP contribution in [-0.2, 0) is 9.53 Å². The van der Waals surface area contributed by atoms with E-state index in [4.69, 9.17) is 4.74 Å². The van der Waals surface area contributed by atoms with E-state index in [1.165, 1.54) is 0 Å². The quantitative estimate of drug-likeness (QED) is 0.796. The maximum Gasteiger partial charge on any atom is 0.229 e. The smallest absolute Gasteiger partial charge is 0.229 e. The molecule has 1 saturated heterocycles. The zero-order chi connectivity index (χ0) is 10.5. The third-order valence-electron chi connectivity index (χ3n) is 2.48. The number of anilines is 1. The number of pyridine rings is 1. The van der Waals surface area contributed by atoms with E-state index < -0.39 is 0 Å². The summed E-state index contributed by atoms with van der Waals surface area (Å²) in [5.41, 5.74) is 0.792. The molecule has 1 fully saturated rings. The molecule has 1 N–H and O–H groups in total. The molecule has 0 saturated carbocycles. The summed E-state index contributed by atoms with van der Waals surface area (Å²) in [6.45, 7) is 1.32. The number of nitrogens with zero attached hydrogens (tertiary/aromatic N) is 1. The number of rotatable bonds is 2. The Kier molecular flexibility index (Phi) is 3.29. The van der Waals surface area contributed by atoms with Crippen molar-refractivity contribution >= 4 is 11.6 Å². The lowest BCUT2D eigenvalue weighted by atomic mass is 10.0. The topological polar surface area (TPSA) is 51.2 Å². The molecule has 1 aromatic heterocycles. The molecule has 2 heterocycles. The lowest BCUT2D eigenvalue weighted by molar-refractivity contribution is -0.123. The number of hydrogen-bond acceptors (Lipinski definition) is 3. The van der Waals surface area contributed by atoms with Crippen molar-refractivity contribution in [3.05, 3.63) is 24.5 Å². The Morgan fingerprint density at radius 3 is 2.93 bits per heavy atom. The van der Waals surface area contributed by atoms with Gasteiger partial charge in [0, 0.05) is 24.7 Å². The fraction of sp³-hybridized carbons (Fsp3) is 0.455. The molecular weight excluding hydrogens is 192 g/mol. The van der Waals surface area contributed by atoms with Crippen molar-refractivity contribution in [2.75, 3.05) is 18.5 Å². The maximum atomic E-state index is 11.8. The van der Waals surface area contributed by atoms with Crippen LogP contribution in [0.1, 0.15) is 12.8 Å². The third-order valence-corrected chi connectivity index (χ3v) is 2.48. The molecule has 1 aliphatic heterocycles. The molecule has 4 heteroatoms. The van der Waals surface area contributed by atoms with Gasteiger partial charge in [0.15, 0.2) is 0 Å². The summed E-state index contributed by atoms with van der Waals surface area (Å²) in [5, 5.41) is 2.85. The van der Waals surface area contributed by atoms with Crippen LogP contribution in [0, 0.1) is 5.92 Å². The third kappa shape index (κ3) is 2.76. The number of ether oxygens (including phenoxy) is 1. The lowest BCUT2D eigenvalue weighted by Gasteiger charge is -2.21. The van der Waals surface area contributed by atoms with Crippen LogP contribution in [-0.4, -0.2) is 24.1 Å². The van der Waals surface area contributed by atoms with E-state index in [0.717, 1.165) is 25.1 Å². The van der Waals surface area contributed by atoms with Gasteiger partial charge in [-0.15, -0.1) is 0 Å². The summed E-state index contributed by atoms with van der Waals surface area (Å²) in [6.07, 6.45) is 5.20. The highest BCUT2D eigenvalue weighted by molar-refractivity contribution is 5.92. The molecule has 2 rings (SSSR count). The second-order valence-corrected chi connectivity index (χ2v) is 3.64. The Morgan fingerprint density at radius 2 is 2.27 bits per heavy atom. The zero-order valence-corrected chi connectivity index (χ0v) is 8.48. The molecule has 80 valence electrons. The van der Waals surface area contributed by atoms with E-state index in [1.807, 2.05) is 0 Å². The molecule has 1 atom stereocenters. The SMILES string of the molecule is O=C(Nc1ccncc1)C1CCCOC1. The predicted molar refractivity (Wildman–Crippen MR) is 56.4 cm³/mol. The van der Waals surface area contributed by atoms with Crippen LogP contribution in [0.4, 0.5) is 5.69 Å². The van der Waals surface area contributed by atoms with Gasteiger partial charge >= 0.3 is 0 Å². The van der Waals surface area contributed by atoms with Crippen molar-refractivity contribution in [2.24, 2.45) is 5.92 Å². The Bertz CT molecular complexity index is 321. The highest BCUT2D eigenvalue weighted by atomic mass is 16.5. The van der Waals surface area contributed by atoms with Crippen molar-refractivity contribution in [2.45, 2.75) is 12.8 Å². The first-order valence-corrected chi connectivity index (χ1v) is 5.15. The van der Waals surface area contributed by atoms with Crippen LogP contribution < -0.4 is 5.32 Å². The minimum atomic E-state index is -0.00749. The van der Waals surface area contributed by atoms with Gasteiger partial charge in [0.05, 0.1) is 12.5 Å². The summed E-state index contributed by atoms with van der Waals surface area (Å²) in [7, 11) is 0. The van der Waals surface area contributed by atoms with Gasteiger partial charge in [-0.3, -0.25) is 9.78 Å². The van der Waals surface area contributed by atoms with E-state index in [1.54, 1.807) is 24.5 Å². The van der Waals surface area contributed by atoms with Crippen LogP contribution in [0.5, 0.6) is 0 Å². The standard InChI is InChI=1S/C11H14N2O2/c14-11(9-2-1-7-15-8-9)13-10-3-5-12-6-4-10/h3-6,9H,1-2,7-8H2,(H,12,13,14). The number of nitrogens with one attached hydrogen (secondary N) is 1. The zero-order valence-electron chi connectivity index (χ0n) is 8.48. The number of aromatic nitrogens is 1. The average Bonchev–Trinajstić information content (AvgIpc) is 2.31. The van der Waals surface area contributed by atoms with E-state index >= 15 is 0 Å².